The zero-order chi connectivity index (χ0) is 14.5. The van der Waals surface area contributed by atoms with Crippen LogP contribution in [-0.4, -0.2) is 41.9 Å². The van der Waals surface area contributed by atoms with Crippen LogP contribution in [0, 0.1) is 0 Å². The van der Waals surface area contributed by atoms with Gasteiger partial charge in [-0.2, -0.15) is 12.6 Å². The molecule has 0 rings (SSSR count). The van der Waals surface area contributed by atoms with Crippen molar-refractivity contribution in [2.45, 2.75) is 51.6 Å². The third-order valence-electron chi connectivity index (χ3n) is 2.70. The van der Waals surface area contributed by atoms with Gasteiger partial charge >= 0.3 is 0 Å². The predicted octanol–water partition coefficient (Wildman–Crippen LogP) is 0.870. The molecule has 1 unspecified atom stereocenters. The molecule has 6 heteroatoms. The number of amides is 2. The zero-order valence-electron chi connectivity index (χ0n) is 11.7. The number of unbranched alkanes of at least 4 members (excludes halogenated alkanes) is 2. The van der Waals surface area contributed by atoms with Crippen LogP contribution in [0.15, 0.2) is 0 Å². The number of hydrogen-bond acceptors (Lipinski definition) is 4. The lowest BCUT2D eigenvalue weighted by atomic mass is 10.1. The number of carbonyl (C=O) groups is 2. The largest absolute Gasteiger partial charge is 0.391 e. The van der Waals surface area contributed by atoms with Crippen molar-refractivity contribution in [1.82, 2.24) is 10.6 Å². The maximum absolute atomic E-state index is 11.4. The Morgan fingerprint density at radius 1 is 1.16 bits per heavy atom. The minimum atomic E-state index is -0.439. The van der Waals surface area contributed by atoms with Crippen molar-refractivity contribution >= 4 is 24.4 Å². The Labute approximate surface area is 120 Å². The van der Waals surface area contributed by atoms with Crippen LogP contribution in [-0.2, 0) is 9.59 Å². The lowest BCUT2D eigenvalue weighted by Gasteiger charge is -2.10. The molecule has 0 bridgehead atoms. The number of carbonyl (C=O) groups excluding carboxylic acids is 2. The molecule has 0 heterocycles. The number of aliphatic hydroxyl groups is 1. The van der Waals surface area contributed by atoms with E-state index < -0.39 is 6.10 Å². The SMILES string of the molecule is CCCC(O)CNC(=O)CCCCCNC(=O)CS. The molecule has 0 aromatic carbocycles. The second-order valence-electron chi connectivity index (χ2n) is 4.57. The van der Waals surface area contributed by atoms with Gasteiger partial charge in [0.1, 0.15) is 0 Å². The van der Waals surface area contributed by atoms with Gasteiger partial charge < -0.3 is 15.7 Å². The summed E-state index contributed by atoms with van der Waals surface area (Å²) in [6.07, 6.45) is 4.22. The van der Waals surface area contributed by atoms with Crippen molar-refractivity contribution in [1.29, 1.82) is 0 Å². The van der Waals surface area contributed by atoms with E-state index in [1.165, 1.54) is 0 Å². The van der Waals surface area contributed by atoms with Gasteiger partial charge in [-0.3, -0.25) is 9.59 Å². The molecule has 1 atom stereocenters. The minimum absolute atomic E-state index is 0.0189. The van der Waals surface area contributed by atoms with E-state index in [2.05, 4.69) is 23.3 Å². The van der Waals surface area contributed by atoms with Crippen LogP contribution in [0.3, 0.4) is 0 Å². The zero-order valence-corrected chi connectivity index (χ0v) is 12.5. The number of hydrogen-bond donors (Lipinski definition) is 4. The van der Waals surface area contributed by atoms with E-state index in [1.54, 1.807) is 0 Å². The van der Waals surface area contributed by atoms with Gasteiger partial charge in [-0.1, -0.05) is 19.8 Å². The van der Waals surface area contributed by atoms with Crippen LogP contribution in [0.1, 0.15) is 45.4 Å². The summed E-state index contributed by atoms with van der Waals surface area (Å²) in [6.45, 7) is 2.97. The molecule has 0 saturated heterocycles. The fourth-order valence-electron chi connectivity index (χ4n) is 1.63. The number of nitrogens with one attached hydrogen (secondary N) is 2. The van der Waals surface area contributed by atoms with E-state index in [0.717, 1.165) is 25.7 Å². The summed E-state index contributed by atoms with van der Waals surface area (Å²) in [7, 11) is 0. The summed E-state index contributed by atoms with van der Waals surface area (Å²) < 4.78 is 0. The van der Waals surface area contributed by atoms with Crippen molar-refractivity contribution in [3.05, 3.63) is 0 Å². The van der Waals surface area contributed by atoms with Gasteiger partial charge in [0.25, 0.3) is 0 Å². The Morgan fingerprint density at radius 3 is 2.53 bits per heavy atom. The predicted molar refractivity (Wildman–Crippen MR) is 79.3 cm³/mol. The fraction of sp³-hybridized carbons (Fsp3) is 0.846. The molecule has 0 fully saturated rings. The third-order valence-corrected chi connectivity index (χ3v) is 2.99. The highest BCUT2D eigenvalue weighted by molar-refractivity contribution is 7.81. The Kier molecular flexibility index (Phi) is 11.8. The quantitative estimate of drug-likeness (QED) is 0.337. The van der Waals surface area contributed by atoms with Crippen molar-refractivity contribution in [3.8, 4) is 0 Å². The summed E-state index contributed by atoms with van der Waals surface area (Å²) in [4.78, 5) is 22.3. The molecule has 0 aliphatic heterocycles. The van der Waals surface area contributed by atoms with Crippen molar-refractivity contribution < 1.29 is 14.7 Å². The van der Waals surface area contributed by atoms with Crippen LogP contribution in [0.5, 0.6) is 0 Å². The fourth-order valence-corrected chi connectivity index (χ4v) is 1.74. The molecule has 5 nitrogen and oxygen atoms in total. The number of aliphatic hydroxyl groups excluding tert-OH is 1. The van der Waals surface area contributed by atoms with Gasteiger partial charge in [-0.25, -0.2) is 0 Å². The highest BCUT2D eigenvalue weighted by atomic mass is 32.1. The standard InChI is InChI=1S/C13H26N2O3S/c1-2-6-11(16)9-15-12(17)7-4-3-5-8-14-13(18)10-19/h11,16,19H,2-10H2,1H3,(H,14,18)(H,15,17). The average Bonchev–Trinajstić information content (AvgIpc) is 2.40. The van der Waals surface area contributed by atoms with Crippen LogP contribution in [0.25, 0.3) is 0 Å². The smallest absolute Gasteiger partial charge is 0.229 e. The normalized spacial score (nSPS) is 11.9. The molecular weight excluding hydrogens is 264 g/mol. The molecular formula is C13H26N2O3S. The third kappa shape index (κ3) is 12.0. The van der Waals surface area contributed by atoms with Crippen molar-refractivity contribution in [2.75, 3.05) is 18.8 Å². The second-order valence-corrected chi connectivity index (χ2v) is 4.88. The lowest BCUT2D eigenvalue weighted by Crippen LogP contribution is -2.31. The van der Waals surface area contributed by atoms with Crippen LogP contribution in [0.2, 0.25) is 0 Å². The molecule has 0 spiro atoms. The highest BCUT2D eigenvalue weighted by Crippen LogP contribution is 2.00. The first-order chi connectivity index (χ1) is 9.10. The highest BCUT2D eigenvalue weighted by Gasteiger charge is 2.05. The van der Waals surface area contributed by atoms with Crippen LogP contribution >= 0.6 is 12.6 Å². The van der Waals surface area contributed by atoms with Crippen LogP contribution < -0.4 is 10.6 Å². The van der Waals surface area contributed by atoms with E-state index in [1.807, 2.05) is 6.92 Å². The summed E-state index contributed by atoms with van der Waals surface area (Å²) in [5, 5.41) is 14.9. The first-order valence-electron chi connectivity index (χ1n) is 6.92. The molecule has 3 N–H and O–H groups in total. The van der Waals surface area contributed by atoms with Crippen molar-refractivity contribution in [2.24, 2.45) is 0 Å². The molecule has 0 aliphatic rings. The van der Waals surface area contributed by atoms with Crippen molar-refractivity contribution in [3.63, 3.8) is 0 Å². The van der Waals surface area contributed by atoms with E-state index >= 15 is 0 Å². The summed E-state index contributed by atoms with van der Waals surface area (Å²) in [5.74, 6) is 0.128. The van der Waals surface area contributed by atoms with Gasteiger partial charge in [0.15, 0.2) is 0 Å². The van der Waals surface area contributed by atoms with E-state index in [0.29, 0.717) is 25.9 Å². The Bertz CT molecular complexity index is 262. The molecule has 2 amide bonds. The number of thiol groups is 1. The maximum atomic E-state index is 11.4. The first-order valence-corrected chi connectivity index (χ1v) is 7.55. The Hall–Kier alpha value is -0.750. The van der Waals surface area contributed by atoms with E-state index in [4.69, 9.17) is 0 Å². The Morgan fingerprint density at radius 2 is 1.89 bits per heavy atom. The lowest BCUT2D eigenvalue weighted by molar-refractivity contribution is -0.122. The topological polar surface area (TPSA) is 78.4 Å². The van der Waals surface area contributed by atoms with Crippen LogP contribution in [0.4, 0.5) is 0 Å². The molecule has 0 aliphatic carbocycles. The molecule has 0 radical (unpaired) electrons. The second kappa shape index (κ2) is 12.3. The summed E-state index contributed by atoms with van der Waals surface area (Å²) in [6, 6.07) is 0. The van der Waals surface area contributed by atoms with Gasteiger partial charge in [0, 0.05) is 19.5 Å². The minimum Gasteiger partial charge on any atom is -0.391 e. The maximum Gasteiger partial charge on any atom is 0.229 e. The summed E-state index contributed by atoms with van der Waals surface area (Å²) in [5.41, 5.74) is 0. The van der Waals surface area contributed by atoms with Gasteiger partial charge in [-0.15, -0.1) is 0 Å². The van der Waals surface area contributed by atoms with E-state index in [-0.39, 0.29) is 17.6 Å². The molecule has 0 aromatic heterocycles. The molecule has 0 aromatic rings. The van der Waals surface area contributed by atoms with Gasteiger partial charge in [-0.05, 0) is 19.3 Å². The Balaban J connectivity index is 3.36. The summed E-state index contributed by atoms with van der Waals surface area (Å²) >= 11 is 3.86. The monoisotopic (exact) mass is 290 g/mol. The number of rotatable bonds is 11. The molecule has 0 saturated carbocycles. The first kappa shape index (κ1) is 18.2. The van der Waals surface area contributed by atoms with Gasteiger partial charge in [0.2, 0.25) is 11.8 Å². The molecule has 112 valence electrons. The van der Waals surface area contributed by atoms with E-state index in [9.17, 15) is 14.7 Å². The van der Waals surface area contributed by atoms with Gasteiger partial charge in [0.05, 0.1) is 11.9 Å². The average molecular weight is 290 g/mol. The molecule has 19 heavy (non-hydrogen) atoms.